The summed E-state index contributed by atoms with van der Waals surface area (Å²) in [7, 11) is 1.46. The van der Waals surface area contributed by atoms with Crippen molar-refractivity contribution >= 4 is 21.7 Å². The molecule has 90 valence electrons. The summed E-state index contributed by atoms with van der Waals surface area (Å²) in [5.41, 5.74) is 0.512. The van der Waals surface area contributed by atoms with Crippen LogP contribution < -0.4 is 4.74 Å². The quantitative estimate of drug-likeness (QED) is 0.668. The fourth-order valence-corrected chi connectivity index (χ4v) is 1.96. The summed E-state index contributed by atoms with van der Waals surface area (Å²) in [4.78, 5) is 8.12. The van der Waals surface area contributed by atoms with Gasteiger partial charge in [-0.15, -0.1) is 0 Å². The highest BCUT2D eigenvalue weighted by atomic mass is 19.1. The van der Waals surface area contributed by atoms with E-state index >= 15 is 0 Å². The van der Waals surface area contributed by atoms with Gasteiger partial charge in [0.05, 0.1) is 12.6 Å². The fourth-order valence-electron chi connectivity index (χ4n) is 1.96. The minimum Gasteiger partial charge on any atom is -0.507 e. The molecule has 1 aromatic heterocycles. The van der Waals surface area contributed by atoms with Crippen LogP contribution in [-0.2, 0) is 0 Å². The average Bonchev–Trinajstić information content (AvgIpc) is 2.38. The third-order valence-electron chi connectivity index (χ3n) is 2.80. The van der Waals surface area contributed by atoms with Crippen LogP contribution in [-0.4, -0.2) is 22.2 Å². The van der Waals surface area contributed by atoms with Gasteiger partial charge in [-0.3, -0.25) is 0 Å². The SMILES string of the molecule is COc1ncc2c(cc(O)c3ccc(F)cc32)n1. The molecular formula is C13H9FN2O2. The fraction of sp³-hybridized carbons (Fsp3) is 0.0769. The minimum atomic E-state index is -0.370. The van der Waals surface area contributed by atoms with Gasteiger partial charge in [-0.05, 0) is 23.6 Å². The van der Waals surface area contributed by atoms with Crippen molar-refractivity contribution in [3.05, 3.63) is 36.3 Å². The number of phenolic OH excluding ortho intramolecular Hbond substituents is 1. The van der Waals surface area contributed by atoms with Crippen molar-refractivity contribution in [3.8, 4) is 11.8 Å². The number of hydrogen-bond acceptors (Lipinski definition) is 4. The van der Waals surface area contributed by atoms with Crippen LogP contribution in [0.1, 0.15) is 0 Å². The zero-order valence-corrected chi connectivity index (χ0v) is 9.51. The largest absolute Gasteiger partial charge is 0.507 e. The molecule has 3 rings (SSSR count). The molecule has 0 saturated carbocycles. The minimum absolute atomic E-state index is 0.0539. The molecule has 0 fully saturated rings. The van der Waals surface area contributed by atoms with Crippen LogP contribution in [0.5, 0.6) is 11.8 Å². The molecule has 0 radical (unpaired) electrons. The first-order valence-corrected chi connectivity index (χ1v) is 5.31. The molecule has 0 amide bonds. The van der Waals surface area contributed by atoms with Gasteiger partial charge in [-0.2, -0.15) is 4.98 Å². The van der Waals surface area contributed by atoms with Gasteiger partial charge in [0.15, 0.2) is 0 Å². The van der Waals surface area contributed by atoms with Crippen molar-refractivity contribution in [1.82, 2.24) is 9.97 Å². The summed E-state index contributed by atoms with van der Waals surface area (Å²) >= 11 is 0. The molecule has 0 spiro atoms. The van der Waals surface area contributed by atoms with Gasteiger partial charge < -0.3 is 9.84 Å². The highest BCUT2D eigenvalue weighted by Gasteiger charge is 2.09. The second-order valence-electron chi connectivity index (χ2n) is 3.88. The van der Waals surface area contributed by atoms with E-state index in [2.05, 4.69) is 9.97 Å². The van der Waals surface area contributed by atoms with E-state index in [9.17, 15) is 9.50 Å². The summed E-state index contributed by atoms with van der Waals surface area (Å²) in [5.74, 6) is -0.316. The maximum Gasteiger partial charge on any atom is 0.316 e. The first kappa shape index (κ1) is 10.7. The maximum atomic E-state index is 13.3. The Morgan fingerprint density at radius 3 is 2.78 bits per heavy atom. The van der Waals surface area contributed by atoms with Crippen LogP contribution in [0.15, 0.2) is 30.5 Å². The summed E-state index contributed by atoms with van der Waals surface area (Å²) in [6.07, 6.45) is 1.56. The van der Waals surface area contributed by atoms with E-state index in [0.717, 1.165) is 0 Å². The molecule has 4 nitrogen and oxygen atoms in total. The Bertz CT molecular complexity index is 759. The number of rotatable bonds is 1. The van der Waals surface area contributed by atoms with Gasteiger partial charge in [0.1, 0.15) is 11.6 Å². The van der Waals surface area contributed by atoms with E-state index in [-0.39, 0.29) is 17.6 Å². The standard InChI is InChI=1S/C13H9FN2O2/c1-18-13-15-6-10-9-4-7(14)2-3-8(9)12(17)5-11(10)16-13/h2-6,17H,1H3. The number of hydrogen-bond donors (Lipinski definition) is 1. The van der Waals surface area contributed by atoms with E-state index in [4.69, 9.17) is 4.74 Å². The second-order valence-corrected chi connectivity index (χ2v) is 3.88. The van der Waals surface area contributed by atoms with Crippen LogP contribution in [0.3, 0.4) is 0 Å². The number of halogens is 1. The van der Waals surface area contributed by atoms with Crippen LogP contribution in [0.2, 0.25) is 0 Å². The Kier molecular flexibility index (Phi) is 2.26. The highest BCUT2D eigenvalue weighted by Crippen LogP contribution is 2.32. The summed E-state index contributed by atoms with van der Waals surface area (Å²) in [6.45, 7) is 0. The molecule has 0 saturated heterocycles. The first-order valence-electron chi connectivity index (χ1n) is 5.31. The lowest BCUT2D eigenvalue weighted by Gasteiger charge is -2.06. The van der Waals surface area contributed by atoms with E-state index in [0.29, 0.717) is 21.7 Å². The molecule has 1 heterocycles. The molecule has 0 aliphatic rings. The number of phenols is 1. The Morgan fingerprint density at radius 2 is 2.00 bits per heavy atom. The second kappa shape index (κ2) is 3.80. The number of nitrogens with zero attached hydrogens (tertiary/aromatic N) is 2. The molecule has 0 atom stereocenters. The Labute approximate surface area is 102 Å². The molecule has 2 aromatic carbocycles. The van der Waals surface area contributed by atoms with E-state index in [1.807, 2.05) is 0 Å². The molecule has 0 aliphatic heterocycles. The first-order chi connectivity index (χ1) is 8.69. The predicted molar refractivity (Wildman–Crippen MR) is 65.2 cm³/mol. The number of aromatic nitrogens is 2. The Morgan fingerprint density at radius 1 is 1.17 bits per heavy atom. The molecule has 0 aliphatic carbocycles. The highest BCUT2D eigenvalue weighted by molar-refractivity contribution is 6.08. The lowest BCUT2D eigenvalue weighted by Crippen LogP contribution is -1.92. The third kappa shape index (κ3) is 1.52. The van der Waals surface area contributed by atoms with Crippen molar-refractivity contribution in [1.29, 1.82) is 0 Å². The Balaban J connectivity index is 2.48. The molecule has 0 unspecified atom stereocenters. The van der Waals surface area contributed by atoms with E-state index < -0.39 is 0 Å². The van der Waals surface area contributed by atoms with Crippen molar-refractivity contribution in [3.63, 3.8) is 0 Å². The van der Waals surface area contributed by atoms with Crippen LogP contribution in [0, 0.1) is 5.82 Å². The summed E-state index contributed by atoms with van der Waals surface area (Å²) in [6, 6.07) is 5.91. The average molecular weight is 244 g/mol. The number of ether oxygens (including phenoxy) is 1. The van der Waals surface area contributed by atoms with Gasteiger partial charge in [0.2, 0.25) is 0 Å². The van der Waals surface area contributed by atoms with Gasteiger partial charge >= 0.3 is 6.01 Å². The number of methoxy groups -OCH3 is 1. The normalized spacial score (nSPS) is 11.0. The van der Waals surface area contributed by atoms with Gasteiger partial charge in [0, 0.05) is 23.0 Å². The summed E-state index contributed by atoms with van der Waals surface area (Å²) in [5, 5.41) is 11.7. The van der Waals surface area contributed by atoms with Crippen molar-refractivity contribution in [2.24, 2.45) is 0 Å². The topological polar surface area (TPSA) is 55.2 Å². The maximum absolute atomic E-state index is 13.3. The zero-order chi connectivity index (χ0) is 12.7. The molecule has 18 heavy (non-hydrogen) atoms. The summed E-state index contributed by atoms with van der Waals surface area (Å²) < 4.78 is 18.2. The smallest absolute Gasteiger partial charge is 0.316 e. The number of benzene rings is 2. The monoisotopic (exact) mass is 244 g/mol. The predicted octanol–water partition coefficient (Wildman–Crippen LogP) is 2.64. The van der Waals surface area contributed by atoms with E-state index in [1.54, 1.807) is 6.20 Å². The Hall–Kier alpha value is -2.43. The molecular weight excluding hydrogens is 235 g/mol. The van der Waals surface area contributed by atoms with Crippen LogP contribution >= 0.6 is 0 Å². The van der Waals surface area contributed by atoms with Crippen LogP contribution in [0.25, 0.3) is 21.7 Å². The van der Waals surface area contributed by atoms with Crippen molar-refractivity contribution in [2.75, 3.05) is 7.11 Å². The molecule has 3 aromatic rings. The van der Waals surface area contributed by atoms with Crippen LogP contribution in [0.4, 0.5) is 4.39 Å². The molecule has 5 heteroatoms. The van der Waals surface area contributed by atoms with Crippen molar-refractivity contribution < 1.29 is 14.2 Å². The molecule has 1 N–H and O–H groups in total. The van der Waals surface area contributed by atoms with Gasteiger partial charge in [-0.1, -0.05) is 0 Å². The van der Waals surface area contributed by atoms with Crippen molar-refractivity contribution in [2.45, 2.75) is 0 Å². The lowest BCUT2D eigenvalue weighted by molar-refractivity contribution is 0.382. The zero-order valence-electron chi connectivity index (χ0n) is 9.51. The van der Waals surface area contributed by atoms with Gasteiger partial charge in [0.25, 0.3) is 0 Å². The number of aromatic hydroxyl groups is 1. The number of fused-ring (bicyclic) bond motifs is 3. The van der Waals surface area contributed by atoms with E-state index in [1.165, 1.54) is 31.4 Å². The lowest BCUT2D eigenvalue weighted by atomic mass is 10.1. The van der Waals surface area contributed by atoms with Gasteiger partial charge in [-0.25, -0.2) is 9.37 Å². The molecule has 0 bridgehead atoms. The third-order valence-corrected chi connectivity index (χ3v) is 2.80.